The maximum absolute atomic E-state index is 13.0. The first-order valence-electron chi connectivity index (χ1n) is 9.32. The highest BCUT2D eigenvalue weighted by Crippen LogP contribution is 2.15. The van der Waals surface area contributed by atoms with Crippen LogP contribution in [0.4, 0.5) is 10.5 Å². The van der Waals surface area contributed by atoms with Crippen LogP contribution in [0.3, 0.4) is 0 Å². The number of benzene rings is 2. The Kier molecular flexibility index (Phi) is 6.23. The molecule has 3 aromatic rings. The van der Waals surface area contributed by atoms with Crippen molar-refractivity contribution in [3.63, 3.8) is 0 Å². The molecule has 150 valence electrons. The monoisotopic (exact) mass is 394 g/mol. The average Bonchev–Trinajstić information content (AvgIpc) is 2.72. The summed E-state index contributed by atoms with van der Waals surface area (Å²) in [6.07, 6.45) is -0.581. The summed E-state index contributed by atoms with van der Waals surface area (Å²) in [6, 6.07) is 13.6. The van der Waals surface area contributed by atoms with Gasteiger partial charge in [-0.05, 0) is 44.2 Å². The Morgan fingerprint density at radius 1 is 1.14 bits per heavy atom. The summed E-state index contributed by atoms with van der Waals surface area (Å²) in [4.78, 5) is 45.6. The van der Waals surface area contributed by atoms with Gasteiger partial charge in [-0.3, -0.25) is 14.9 Å². The number of anilines is 1. The lowest BCUT2D eigenvalue weighted by atomic mass is 10.1. The second-order valence-electron chi connectivity index (χ2n) is 6.28. The van der Waals surface area contributed by atoms with Crippen molar-refractivity contribution < 1.29 is 14.3 Å². The highest BCUT2D eigenvalue weighted by atomic mass is 16.5. The second-order valence-corrected chi connectivity index (χ2v) is 6.28. The molecule has 1 aromatic heterocycles. The summed E-state index contributed by atoms with van der Waals surface area (Å²) < 4.78 is 4.85. The highest BCUT2D eigenvalue weighted by Gasteiger charge is 2.17. The fourth-order valence-corrected chi connectivity index (χ4v) is 2.92. The van der Waals surface area contributed by atoms with Gasteiger partial charge in [0.2, 0.25) is 0 Å². The molecular weight excluding hydrogens is 372 g/mol. The smallest absolute Gasteiger partial charge is 0.411 e. The number of ether oxygens (including phenoxy) is 1. The lowest BCUT2D eigenvalue weighted by Crippen LogP contribution is -2.32. The first kappa shape index (κ1) is 20.1. The lowest BCUT2D eigenvalue weighted by Gasteiger charge is -2.21. The Hall–Kier alpha value is -3.68. The number of hydrogen-bond donors (Lipinski definition) is 2. The maximum atomic E-state index is 13.0. The van der Waals surface area contributed by atoms with E-state index < -0.39 is 6.09 Å². The Morgan fingerprint density at radius 2 is 1.93 bits per heavy atom. The van der Waals surface area contributed by atoms with Gasteiger partial charge in [-0.2, -0.15) is 0 Å². The van der Waals surface area contributed by atoms with Gasteiger partial charge in [-0.15, -0.1) is 0 Å². The van der Waals surface area contributed by atoms with Crippen LogP contribution in [0.25, 0.3) is 10.9 Å². The molecule has 0 aliphatic rings. The summed E-state index contributed by atoms with van der Waals surface area (Å²) in [6.45, 7) is 4.39. The second kappa shape index (κ2) is 9.01. The van der Waals surface area contributed by atoms with Gasteiger partial charge in [0.05, 0.1) is 24.1 Å². The van der Waals surface area contributed by atoms with E-state index in [0.717, 1.165) is 0 Å². The normalized spacial score (nSPS) is 10.6. The van der Waals surface area contributed by atoms with E-state index in [9.17, 15) is 14.4 Å². The van der Waals surface area contributed by atoms with Crippen LogP contribution in [0.15, 0.2) is 53.3 Å². The average molecular weight is 394 g/mol. The summed E-state index contributed by atoms with van der Waals surface area (Å²) in [5.74, 6) is 0.167. The molecule has 1 heterocycles. The molecule has 0 radical (unpaired) electrons. The number of nitrogens with one attached hydrogen (secondary N) is 2. The molecule has 2 aromatic carbocycles. The van der Waals surface area contributed by atoms with E-state index in [2.05, 4.69) is 15.3 Å². The van der Waals surface area contributed by atoms with Gasteiger partial charge in [0.25, 0.3) is 11.5 Å². The van der Waals surface area contributed by atoms with Crippen molar-refractivity contribution in [2.75, 3.05) is 18.5 Å². The molecule has 0 saturated carbocycles. The minimum absolute atomic E-state index is 0.158. The molecule has 29 heavy (non-hydrogen) atoms. The van der Waals surface area contributed by atoms with Gasteiger partial charge in [-0.1, -0.05) is 18.2 Å². The van der Waals surface area contributed by atoms with Crippen LogP contribution < -0.4 is 10.9 Å². The number of fused-ring (bicyclic) bond motifs is 1. The van der Waals surface area contributed by atoms with Gasteiger partial charge in [-0.25, -0.2) is 9.78 Å². The largest absolute Gasteiger partial charge is 0.450 e. The van der Waals surface area contributed by atoms with E-state index in [0.29, 0.717) is 34.5 Å². The summed E-state index contributed by atoms with van der Waals surface area (Å²) in [5.41, 5.74) is 1.21. The van der Waals surface area contributed by atoms with Crippen molar-refractivity contribution >= 4 is 28.6 Å². The molecule has 0 spiro atoms. The third kappa shape index (κ3) is 4.78. The van der Waals surface area contributed by atoms with Crippen molar-refractivity contribution in [3.05, 3.63) is 70.3 Å². The van der Waals surface area contributed by atoms with E-state index in [-0.39, 0.29) is 24.6 Å². The van der Waals surface area contributed by atoms with Crippen molar-refractivity contribution in [1.82, 2.24) is 14.9 Å². The summed E-state index contributed by atoms with van der Waals surface area (Å²) in [5, 5.41) is 3.08. The summed E-state index contributed by atoms with van der Waals surface area (Å²) >= 11 is 0. The number of amides is 2. The van der Waals surface area contributed by atoms with Gasteiger partial charge in [0.15, 0.2) is 0 Å². The standard InChI is InChI=1S/C21H22N4O4/c1-3-25(13-18-23-17-11-6-5-10-16(17)19(26)24-18)20(27)14-8-7-9-15(12-14)22-21(28)29-4-2/h5-12H,3-4,13H2,1-2H3,(H,22,28)(H,23,24,26). The molecule has 0 aliphatic carbocycles. The van der Waals surface area contributed by atoms with Crippen molar-refractivity contribution in [1.29, 1.82) is 0 Å². The van der Waals surface area contributed by atoms with Crippen LogP contribution in [0.2, 0.25) is 0 Å². The minimum atomic E-state index is -0.581. The van der Waals surface area contributed by atoms with E-state index in [1.165, 1.54) is 0 Å². The minimum Gasteiger partial charge on any atom is -0.450 e. The van der Waals surface area contributed by atoms with Crippen molar-refractivity contribution in [2.24, 2.45) is 0 Å². The van der Waals surface area contributed by atoms with E-state index in [4.69, 9.17) is 4.74 Å². The number of para-hydroxylation sites is 1. The Labute approximate surface area is 167 Å². The molecule has 0 aliphatic heterocycles. The molecule has 0 unspecified atom stereocenters. The van der Waals surface area contributed by atoms with E-state index in [1.54, 1.807) is 54.3 Å². The molecule has 3 rings (SSSR count). The highest BCUT2D eigenvalue weighted by molar-refractivity contribution is 5.96. The van der Waals surface area contributed by atoms with Crippen LogP contribution in [0.1, 0.15) is 30.0 Å². The van der Waals surface area contributed by atoms with Gasteiger partial charge in [0, 0.05) is 17.8 Å². The zero-order valence-corrected chi connectivity index (χ0v) is 16.3. The zero-order valence-electron chi connectivity index (χ0n) is 16.3. The zero-order chi connectivity index (χ0) is 20.8. The predicted octanol–water partition coefficient (Wildman–Crippen LogP) is 3.15. The molecular formula is C21H22N4O4. The first-order valence-corrected chi connectivity index (χ1v) is 9.32. The van der Waals surface area contributed by atoms with Gasteiger partial charge in [0.1, 0.15) is 5.82 Å². The summed E-state index contributed by atoms with van der Waals surface area (Å²) in [7, 11) is 0. The molecule has 0 atom stereocenters. The molecule has 0 fully saturated rings. The number of carbonyl (C=O) groups is 2. The molecule has 0 bridgehead atoms. The van der Waals surface area contributed by atoms with Crippen LogP contribution in [-0.4, -0.2) is 40.0 Å². The molecule has 0 saturated heterocycles. The van der Waals surface area contributed by atoms with Crippen molar-refractivity contribution in [3.8, 4) is 0 Å². The molecule has 8 heteroatoms. The third-order valence-electron chi connectivity index (χ3n) is 4.30. The van der Waals surface area contributed by atoms with Crippen LogP contribution in [0, 0.1) is 0 Å². The Morgan fingerprint density at radius 3 is 2.69 bits per heavy atom. The number of nitrogens with zero attached hydrogens (tertiary/aromatic N) is 2. The topological polar surface area (TPSA) is 104 Å². The van der Waals surface area contributed by atoms with Crippen molar-refractivity contribution in [2.45, 2.75) is 20.4 Å². The molecule has 2 amide bonds. The fraction of sp³-hybridized carbons (Fsp3) is 0.238. The number of aromatic nitrogens is 2. The first-order chi connectivity index (χ1) is 14.0. The SMILES string of the molecule is CCOC(=O)Nc1cccc(C(=O)N(CC)Cc2nc3ccccc3c(=O)[nH]2)c1. The maximum Gasteiger partial charge on any atom is 0.411 e. The van der Waals surface area contributed by atoms with Crippen LogP contribution >= 0.6 is 0 Å². The van der Waals surface area contributed by atoms with E-state index >= 15 is 0 Å². The molecule has 8 nitrogen and oxygen atoms in total. The van der Waals surface area contributed by atoms with Gasteiger partial charge >= 0.3 is 6.09 Å². The lowest BCUT2D eigenvalue weighted by molar-refractivity contribution is 0.0748. The molecule has 2 N–H and O–H groups in total. The Bertz CT molecular complexity index is 1090. The number of aromatic amines is 1. The third-order valence-corrected chi connectivity index (χ3v) is 4.30. The quantitative estimate of drug-likeness (QED) is 0.668. The fourth-order valence-electron chi connectivity index (χ4n) is 2.92. The number of H-pyrrole nitrogens is 1. The van der Waals surface area contributed by atoms with Crippen LogP contribution in [-0.2, 0) is 11.3 Å². The number of carbonyl (C=O) groups excluding carboxylic acids is 2. The number of rotatable bonds is 6. The number of hydrogen-bond acceptors (Lipinski definition) is 5. The predicted molar refractivity (Wildman–Crippen MR) is 110 cm³/mol. The van der Waals surface area contributed by atoms with Crippen LogP contribution in [0.5, 0.6) is 0 Å². The Balaban J connectivity index is 1.81. The van der Waals surface area contributed by atoms with Gasteiger partial charge < -0.3 is 14.6 Å². The van der Waals surface area contributed by atoms with E-state index in [1.807, 2.05) is 13.0 Å².